The summed E-state index contributed by atoms with van der Waals surface area (Å²) in [5.74, 6) is -0.786. The molecule has 0 heterocycles. The fourth-order valence-electron chi connectivity index (χ4n) is 1.11. The minimum absolute atomic E-state index is 0.112. The lowest BCUT2D eigenvalue weighted by molar-refractivity contribution is -0.136. The van der Waals surface area contributed by atoms with E-state index in [0.717, 1.165) is 12.0 Å². The molecule has 19 heavy (non-hydrogen) atoms. The Labute approximate surface area is 113 Å². The average molecular weight is 267 g/mol. The second-order valence-electron chi connectivity index (χ2n) is 4.59. The van der Waals surface area contributed by atoms with Gasteiger partial charge in [0.25, 0.3) is 0 Å². The van der Waals surface area contributed by atoms with Crippen LogP contribution in [0.25, 0.3) is 0 Å². The van der Waals surface area contributed by atoms with Gasteiger partial charge in [-0.05, 0) is 25.8 Å². The molecule has 0 atom stereocenters. The molecule has 0 unspecified atom stereocenters. The van der Waals surface area contributed by atoms with Crippen molar-refractivity contribution in [1.29, 1.82) is 0 Å². The highest BCUT2D eigenvalue weighted by Gasteiger charge is 2.17. The number of carbonyl (C=O) groups excluding carboxylic acids is 1. The molecule has 1 amide bonds. The average Bonchev–Trinajstić information content (AvgIpc) is 2.29. The van der Waals surface area contributed by atoms with Crippen LogP contribution in [0, 0.1) is 0 Å². The van der Waals surface area contributed by atoms with Gasteiger partial charge < -0.3 is 15.6 Å². The maximum absolute atomic E-state index is 10.2. The van der Waals surface area contributed by atoms with Gasteiger partial charge in [-0.1, -0.05) is 37.3 Å². The van der Waals surface area contributed by atoms with Crippen LogP contribution in [0.2, 0.25) is 0 Å². The molecule has 0 saturated heterocycles. The van der Waals surface area contributed by atoms with Crippen molar-refractivity contribution >= 4 is 12.1 Å². The molecule has 0 aromatic heterocycles. The summed E-state index contributed by atoms with van der Waals surface area (Å²) in [6, 6.07) is 9.13. The van der Waals surface area contributed by atoms with Gasteiger partial charge in [-0.25, -0.2) is 4.79 Å². The number of aliphatic carboxylic acids is 1. The van der Waals surface area contributed by atoms with Crippen LogP contribution < -0.4 is 5.73 Å². The summed E-state index contributed by atoms with van der Waals surface area (Å²) in [7, 11) is 0. The normalized spacial score (nSPS) is 10.1. The lowest BCUT2D eigenvalue weighted by Crippen LogP contribution is -2.30. The lowest BCUT2D eigenvalue weighted by Gasteiger charge is -2.21. The standard InChI is InChI=1S/C8H8O2.C6H13NO2/c9-8(10)6-7-4-2-1-3-5-7;1-4-6(2,3)9-5(7)8/h1-5H,6H2,(H,9,10);4H2,1-3H3,(H2,7,8). The predicted octanol–water partition coefficient (Wildman–Crippen LogP) is 2.58. The number of benzene rings is 1. The van der Waals surface area contributed by atoms with Crippen LogP contribution in [-0.4, -0.2) is 22.8 Å². The van der Waals surface area contributed by atoms with E-state index in [9.17, 15) is 9.59 Å². The van der Waals surface area contributed by atoms with Crippen LogP contribution >= 0.6 is 0 Å². The topological polar surface area (TPSA) is 89.6 Å². The first kappa shape index (κ1) is 17.0. The molecule has 3 N–H and O–H groups in total. The highest BCUT2D eigenvalue weighted by atomic mass is 16.6. The van der Waals surface area contributed by atoms with Gasteiger partial charge in [0.05, 0.1) is 6.42 Å². The Bertz CT molecular complexity index is 401. The Morgan fingerprint density at radius 2 is 1.79 bits per heavy atom. The Balaban J connectivity index is 0.000000344. The Morgan fingerprint density at radius 1 is 1.26 bits per heavy atom. The Kier molecular flexibility index (Phi) is 7.26. The number of ether oxygens (including phenoxy) is 1. The van der Waals surface area contributed by atoms with Crippen molar-refractivity contribution in [1.82, 2.24) is 0 Å². The molecule has 0 spiro atoms. The molecular formula is C14H21NO4. The van der Waals surface area contributed by atoms with Crippen LogP contribution in [0.3, 0.4) is 0 Å². The number of nitrogens with two attached hydrogens (primary N) is 1. The smallest absolute Gasteiger partial charge is 0.405 e. The van der Waals surface area contributed by atoms with E-state index in [-0.39, 0.29) is 6.42 Å². The summed E-state index contributed by atoms with van der Waals surface area (Å²) in [6.45, 7) is 5.57. The maximum Gasteiger partial charge on any atom is 0.405 e. The van der Waals surface area contributed by atoms with E-state index >= 15 is 0 Å². The highest BCUT2D eigenvalue weighted by Crippen LogP contribution is 2.12. The van der Waals surface area contributed by atoms with E-state index in [4.69, 9.17) is 15.6 Å². The molecule has 1 rings (SSSR count). The lowest BCUT2D eigenvalue weighted by atomic mass is 10.1. The van der Waals surface area contributed by atoms with E-state index < -0.39 is 17.7 Å². The fraction of sp³-hybridized carbons (Fsp3) is 0.429. The third-order valence-corrected chi connectivity index (χ3v) is 2.43. The summed E-state index contributed by atoms with van der Waals surface area (Å²) < 4.78 is 4.73. The minimum Gasteiger partial charge on any atom is -0.481 e. The number of hydrogen-bond acceptors (Lipinski definition) is 3. The zero-order chi connectivity index (χ0) is 14.9. The van der Waals surface area contributed by atoms with Gasteiger partial charge in [0.1, 0.15) is 5.60 Å². The number of carbonyl (C=O) groups is 2. The third-order valence-electron chi connectivity index (χ3n) is 2.43. The zero-order valence-electron chi connectivity index (χ0n) is 11.6. The van der Waals surface area contributed by atoms with Crippen LogP contribution in [0.15, 0.2) is 30.3 Å². The van der Waals surface area contributed by atoms with Gasteiger partial charge in [-0.3, -0.25) is 4.79 Å². The molecule has 1 aromatic carbocycles. The zero-order valence-corrected chi connectivity index (χ0v) is 11.6. The molecule has 0 bridgehead atoms. The highest BCUT2D eigenvalue weighted by molar-refractivity contribution is 5.70. The van der Waals surface area contributed by atoms with Crippen molar-refractivity contribution in [3.63, 3.8) is 0 Å². The SMILES string of the molecule is CCC(C)(C)OC(N)=O.O=C(O)Cc1ccccc1. The van der Waals surface area contributed by atoms with E-state index in [1.807, 2.05) is 39.0 Å². The number of carboxylic acid groups (broad SMARTS) is 1. The maximum atomic E-state index is 10.2. The van der Waals surface area contributed by atoms with Gasteiger partial charge in [-0.2, -0.15) is 0 Å². The quantitative estimate of drug-likeness (QED) is 0.877. The van der Waals surface area contributed by atoms with Crippen molar-refractivity contribution in [3.8, 4) is 0 Å². The monoisotopic (exact) mass is 267 g/mol. The van der Waals surface area contributed by atoms with Gasteiger partial charge in [-0.15, -0.1) is 0 Å². The number of amides is 1. The molecule has 0 saturated carbocycles. The van der Waals surface area contributed by atoms with Gasteiger partial charge in [0.15, 0.2) is 0 Å². The summed E-state index contributed by atoms with van der Waals surface area (Å²) in [5, 5.41) is 8.37. The van der Waals surface area contributed by atoms with Crippen molar-refractivity contribution < 1.29 is 19.4 Å². The Hall–Kier alpha value is -2.04. The molecule has 5 heteroatoms. The van der Waals surface area contributed by atoms with Crippen LogP contribution in [-0.2, 0) is 16.0 Å². The molecule has 0 fully saturated rings. The summed E-state index contributed by atoms with van der Waals surface area (Å²) >= 11 is 0. The van der Waals surface area contributed by atoms with E-state index in [2.05, 4.69) is 0 Å². The van der Waals surface area contributed by atoms with Crippen molar-refractivity contribution in [2.24, 2.45) is 5.73 Å². The van der Waals surface area contributed by atoms with E-state index in [1.165, 1.54) is 0 Å². The molecule has 106 valence electrons. The minimum atomic E-state index is -0.786. The van der Waals surface area contributed by atoms with E-state index in [0.29, 0.717) is 0 Å². The van der Waals surface area contributed by atoms with Crippen LogP contribution in [0.4, 0.5) is 4.79 Å². The van der Waals surface area contributed by atoms with E-state index in [1.54, 1.807) is 12.1 Å². The summed E-state index contributed by atoms with van der Waals surface area (Å²) in [5.41, 5.74) is 5.22. The second kappa shape index (κ2) is 8.13. The van der Waals surface area contributed by atoms with Crippen LogP contribution in [0.5, 0.6) is 0 Å². The first-order chi connectivity index (χ1) is 8.76. The molecule has 0 aliphatic rings. The number of primary amides is 1. The predicted molar refractivity (Wildman–Crippen MR) is 72.8 cm³/mol. The number of hydrogen-bond donors (Lipinski definition) is 2. The number of carboxylic acids is 1. The Morgan fingerprint density at radius 3 is 2.11 bits per heavy atom. The van der Waals surface area contributed by atoms with Gasteiger partial charge in [0, 0.05) is 0 Å². The molecule has 5 nitrogen and oxygen atoms in total. The second-order valence-corrected chi connectivity index (χ2v) is 4.59. The van der Waals surface area contributed by atoms with Crippen molar-refractivity contribution in [2.45, 2.75) is 39.2 Å². The van der Waals surface area contributed by atoms with Crippen molar-refractivity contribution in [3.05, 3.63) is 35.9 Å². The summed E-state index contributed by atoms with van der Waals surface area (Å²) in [4.78, 5) is 20.3. The van der Waals surface area contributed by atoms with Gasteiger partial charge >= 0.3 is 12.1 Å². The van der Waals surface area contributed by atoms with Gasteiger partial charge in [0.2, 0.25) is 0 Å². The third kappa shape index (κ3) is 9.64. The first-order valence-electron chi connectivity index (χ1n) is 6.01. The van der Waals surface area contributed by atoms with Crippen molar-refractivity contribution in [2.75, 3.05) is 0 Å². The molecule has 0 aliphatic carbocycles. The largest absolute Gasteiger partial charge is 0.481 e. The van der Waals surface area contributed by atoms with Crippen LogP contribution in [0.1, 0.15) is 32.8 Å². The summed E-state index contributed by atoms with van der Waals surface area (Å²) in [6.07, 6.45) is 0.179. The first-order valence-corrected chi connectivity index (χ1v) is 6.01. The fourth-order valence-corrected chi connectivity index (χ4v) is 1.11. The molecule has 0 radical (unpaired) electrons. The molecule has 0 aliphatic heterocycles. The molecular weight excluding hydrogens is 246 g/mol. The molecule has 1 aromatic rings. The number of rotatable bonds is 4.